The summed E-state index contributed by atoms with van der Waals surface area (Å²) < 4.78 is 17.4. The van der Waals surface area contributed by atoms with Gasteiger partial charge in [-0.3, -0.25) is 0 Å². The first kappa shape index (κ1) is 21.7. The number of carbonyl (C=O) groups excluding carboxylic acids is 1. The fourth-order valence-electron chi connectivity index (χ4n) is 3.24. The number of nitrogens with zero attached hydrogens (tertiary/aromatic N) is 1. The van der Waals surface area contributed by atoms with E-state index in [0.717, 1.165) is 35.1 Å². The van der Waals surface area contributed by atoms with Gasteiger partial charge in [0.15, 0.2) is 0 Å². The van der Waals surface area contributed by atoms with E-state index in [1.54, 1.807) is 13.0 Å². The van der Waals surface area contributed by atoms with Gasteiger partial charge in [0.2, 0.25) is 0 Å². The summed E-state index contributed by atoms with van der Waals surface area (Å²) >= 11 is 0. The van der Waals surface area contributed by atoms with Gasteiger partial charge >= 0.3 is 5.97 Å². The predicted octanol–water partition coefficient (Wildman–Crippen LogP) is 4.93. The van der Waals surface area contributed by atoms with Crippen LogP contribution in [0.1, 0.15) is 29.3 Å². The highest BCUT2D eigenvalue weighted by atomic mass is 16.5. The number of rotatable bonds is 10. The Bertz CT molecular complexity index is 970. The van der Waals surface area contributed by atoms with Crippen LogP contribution in [0.2, 0.25) is 0 Å². The number of hydrogen-bond acceptors (Lipinski definition) is 5. The van der Waals surface area contributed by atoms with Gasteiger partial charge in [-0.1, -0.05) is 42.5 Å². The summed E-state index contributed by atoms with van der Waals surface area (Å²) in [5.41, 5.74) is 1.53. The lowest BCUT2D eigenvalue weighted by Gasteiger charge is -2.17. The fourth-order valence-corrected chi connectivity index (χ4v) is 3.24. The summed E-state index contributed by atoms with van der Waals surface area (Å²) in [6, 6.07) is 19.5. The zero-order valence-electron chi connectivity index (χ0n) is 17.9. The molecule has 0 amide bonds. The molecule has 0 aromatic heterocycles. The Morgan fingerprint density at radius 2 is 1.70 bits per heavy atom. The van der Waals surface area contributed by atoms with Crippen LogP contribution in [0.3, 0.4) is 0 Å². The third-order valence-electron chi connectivity index (χ3n) is 4.70. The van der Waals surface area contributed by atoms with E-state index in [1.165, 1.54) is 0 Å². The largest absolute Gasteiger partial charge is 0.492 e. The van der Waals surface area contributed by atoms with E-state index in [1.807, 2.05) is 68.7 Å². The molecular formula is C25H29NO4. The zero-order valence-corrected chi connectivity index (χ0v) is 17.9. The van der Waals surface area contributed by atoms with Crippen molar-refractivity contribution in [2.24, 2.45) is 0 Å². The lowest BCUT2D eigenvalue weighted by molar-refractivity contribution is 0.0522. The van der Waals surface area contributed by atoms with Crippen LogP contribution < -0.4 is 9.47 Å². The van der Waals surface area contributed by atoms with Crippen molar-refractivity contribution in [1.29, 1.82) is 0 Å². The number of carbonyl (C=O) groups is 1. The molecule has 0 fully saturated rings. The SMILES string of the molecule is CCOC(=O)c1ccc2c(OCc3ccccc3)cccc2c1OCCCN(C)C. The molecule has 0 N–H and O–H groups in total. The second kappa shape index (κ2) is 10.6. The van der Waals surface area contributed by atoms with Gasteiger partial charge in [0, 0.05) is 17.3 Å². The summed E-state index contributed by atoms with van der Waals surface area (Å²) in [6.07, 6.45) is 0.857. The van der Waals surface area contributed by atoms with Crippen molar-refractivity contribution in [1.82, 2.24) is 4.90 Å². The zero-order chi connectivity index (χ0) is 21.3. The van der Waals surface area contributed by atoms with Crippen LogP contribution in [0, 0.1) is 0 Å². The van der Waals surface area contributed by atoms with E-state index >= 15 is 0 Å². The number of esters is 1. The molecule has 158 valence electrons. The van der Waals surface area contributed by atoms with E-state index in [0.29, 0.717) is 31.1 Å². The van der Waals surface area contributed by atoms with Crippen molar-refractivity contribution in [3.05, 3.63) is 71.8 Å². The van der Waals surface area contributed by atoms with Gasteiger partial charge in [0.25, 0.3) is 0 Å². The molecule has 0 bridgehead atoms. The van der Waals surface area contributed by atoms with Gasteiger partial charge in [-0.15, -0.1) is 0 Å². The molecule has 0 spiro atoms. The molecule has 0 radical (unpaired) electrons. The normalized spacial score (nSPS) is 10.9. The van der Waals surface area contributed by atoms with Crippen molar-refractivity contribution in [3.8, 4) is 11.5 Å². The number of ether oxygens (including phenoxy) is 3. The second-order valence-electron chi connectivity index (χ2n) is 7.29. The highest BCUT2D eigenvalue weighted by Gasteiger charge is 2.18. The first-order valence-electron chi connectivity index (χ1n) is 10.3. The second-order valence-corrected chi connectivity index (χ2v) is 7.29. The summed E-state index contributed by atoms with van der Waals surface area (Å²) in [4.78, 5) is 14.6. The first-order valence-corrected chi connectivity index (χ1v) is 10.3. The van der Waals surface area contributed by atoms with Crippen LogP contribution in [0.25, 0.3) is 10.8 Å². The van der Waals surface area contributed by atoms with Crippen LogP contribution in [0.15, 0.2) is 60.7 Å². The Balaban J connectivity index is 1.91. The van der Waals surface area contributed by atoms with Gasteiger partial charge < -0.3 is 19.1 Å². The molecule has 30 heavy (non-hydrogen) atoms. The Kier molecular flexibility index (Phi) is 7.69. The Hall–Kier alpha value is -3.05. The van der Waals surface area contributed by atoms with Gasteiger partial charge in [-0.2, -0.15) is 0 Å². The van der Waals surface area contributed by atoms with Crippen LogP contribution in [0.5, 0.6) is 11.5 Å². The molecule has 3 aromatic rings. The minimum Gasteiger partial charge on any atom is -0.492 e. The topological polar surface area (TPSA) is 48.0 Å². The summed E-state index contributed by atoms with van der Waals surface area (Å²) in [7, 11) is 4.05. The van der Waals surface area contributed by atoms with E-state index < -0.39 is 0 Å². The first-order chi connectivity index (χ1) is 14.6. The molecule has 0 saturated carbocycles. The molecule has 0 unspecified atom stereocenters. The Morgan fingerprint density at radius 1 is 0.900 bits per heavy atom. The minimum atomic E-state index is -0.377. The monoisotopic (exact) mass is 407 g/mol. The maximum atomic E-state index is 12.5. The molecule has 3 rings (SSSR count). The lowest BCUT2D eigenvalue weighted by Crippen LogP contribution is -2.16. The van der Waals surface area contributed by atoms with Crippen molar-refractivity contribution >= 4 is 16.7 Å². The lowest BCUT2D eigenvalue weighted by atomic mass is 10.0. The van der Waals surface area contributed by atoms with Crippen LogP contribution in [-0.2, 0) is 11.3 Å². The quantitative estimate of drug-likeness (QED) is 0.352. The fraction of sp³-hybridized carbons (Fsp3) is 0.320. The molecule has 5 nitrogen and oxygen atoms in total. The van der Waals surface area contributed by atoms with Gasteiger partial charge in [-0.25, -0.2) is 4.79 Å². The van der Waals surface area contributed by atoms with E-state index in [9.17, 15) is 4.79 Å². The average Bonchev–Trinajstić information content (AvgIpc) is 2.75. The maximum absolute atomic E-state index is 12.5. The summed E-state index contributed by atoms with van der Waals surface area (Å²) in [5, 5.41) is 1.75. The minimum absolute atomic E-state index is 0.317. The van der Waals surface area contributed by atoms with E-state index in [-0.39, 0.29) is 5.97 Å². The Morgan fingerprint density at radius 3 is 2.43 bits per heavy atom. The van der Waals surface area contributed by atoms with Crippen molar-refractivity contribution in [2.75, 3.05) is 33.9 Å². The van der Waals surface area contributed by atoms with Crippen molar-refractivity contribution < 1.29 is 19.0 Å². The average molecular weight is 408 g/mol. The highest BCUT2D eigenvalue weighted by Crippen LogP contribution is 2.36. The standard InChI is InChI=1S/C25H29NO4/c1-4-28-25(27)22-15-14-20-21(24(22)29-17-9-16-26(2)3)12-8-13-23(20)30-18-19-10-6-5-7-11-19/h5-8,10-15H,4,9,16-18H2,1-3H3. The molecule has 5 heteroatoms. The third-order valence-corrected chi connectivity index (χ3v) is 4.70. The van der Waals surface area contributed by atoms with E-state index in [2.05, 4.69) is 4.90 Å². The van der Waals surface area contributed by atoms with Crippen LogP contribution >= 0.6 is 0 Å². The maximum Gasteiger partial charge on any atom is 0.341 e. The van der Waals surface area contributed by atoms with Gasteiger partial charge in [-0.05, 0) is 51.2 Å². The molecular weight excluding hydrogens is 378 g/mol. The van der Waals surface area contributed by atoms with Gasteiger partial charge in [0.1, 0.15) is 23.7 Å². The molecule has 0 aliphatic rings. The van der Waals surface area contributed by atoms with E-state index in [4.69, 9.17) is 14.2 Å². The third kappa shape index (κ3) is 5.51. The van der Waals surface area contributed by atoms with Crippen LogP contribution in [0.4, 0.5) is 0 Å². The molecule has 0 heterocycles. The van der Waals surface area contributed by atoms with Gasteiger partial charge in [0.05, 0.1) is 13.2 Å². The van der Waals surface area contributed by atoms with Crippen LogP contribution in [-0.4, -0.2) is 44.7 Å². The van der Waals surface area contributed by atoms with Crippen molar-refractivity contribution in [3.63, 3.8) is 0 Å². The molecule has 3 aromatic carbocycles. The van der Waals surface area contributed by atoms with Crippen molar-refractivity contribution in [2.45, 2.75) is 20.0 Å². The molecule has 0 saturated heterocycles. The molecule has 0 aliphatic carbocycles. The molecule has 0 aliphatic heterocycles. The summed E-state index contributed by atoms with van der Waals surface area (Å²) in [5.74, 6) is 0.928. The number of fused-ring (bicyclic) bond motifs is 1. The number of benzene rings is 3. The smallest absolute Gasteiger partial charge is 0.341 e. The molecule has 0 atom stereocenters. The Labute approximate surface area is 178 Å². The number of hydrogen-bond donors (Lipinski definition) is 0. The highest BCUT2D eigenvalue weighted by molar-refractivity contribution is 6.03. The summed E-state index contributed by atoms with van der Waals surface area (Å²) in [6.45, 7) is 4.01. The predicted molar refractivity (Wildman–Crippen MR) is 119 cm³/mol.